The van der Waals surface area contributed by atoms with Crippen molar-refractivity contribution in [2.75, 3.05) is 13.1 Å². The van der Waals surface area contributed by atoms with Crippen molar-refractivity contribution in [3.63, 3.8) is 0 Å². The van der Waals surface area contributed by atoms with E-state index in [1.54, 1.807) is 0 Å². The number of pyridine rings is 1. The van der Waals surface area contributed by atoms with Gasteiger partial charge in [-0.2, -0.15) is 0 Å². The summed E-state index contributed by atoms with van der Waals surface area (Å²) in [5.74, 6) is 0. The van der Waals surface area contributed by atoms with Crippen LogP contribution in [0.3, 0.4) is 0 Å². The molecule has 2 nitrogen and oxygen atoms in total. The quantitative estimate of drug-likeness (QED) is 0.772. The monoisotopic (exact) mass is 190 g/mol. The Bertz CT molecular complexity index is 276. The van der Waals surface area contributed by atoms with Gasteiger partial charge in [-0.3, -0.25) is 4.98 Å². The zero-order valence-electron chi connectivity index (χ0n) is 8.79. The van der Waals surface area contributed by atoms with Crippen LogP contribution in [0.2, 0.25) is 0 Å². The third kappa shape index (κ3) is 1.67. The molecule has 1 saturated heterocycles. The minimum atomic E-state index is 0.388. The van der Waals surface area contributed by atoms with E-state index in [1.807, 2.05) is 12.4 Å². The minimum Gasteiger partial charge on any atom is -0.317 e. The van der Waals surface area contributed by atoms with Gasteiger partial charge in [0.1, 0.15) is 0 Å². The highest BCUT2D eigenvalue weighted by Gasteiger charge is 2.31. The first-order chi connectivity index (χ1) is 6.87. The molecule has 1 fully saturated rings. The number of nitrogens with one attached hydrogen (secondary N) is 1. The molecule has 1 aliphatic heterocycles. The van der Waals surface area contributed by atoms with E-state index < -0.39 is 0 Å². The van der Waals surface area contributed by atoms with E-state index in [0.717, 1.165) is 13.1 Å². The summed E-state index contributed by atoms with van der Waals surface area (Å²) in [5, 5.41) is 3.42. The van der Waals surface area contributed by atoms with Gasteiger partial charge in [-0.1, -0.05) is 13.0 Å². The zero-order chi connectivity index (χ0) is 9.86. The second-order valence-electron chi connectivity index (χ2n) is 4.13. The first kappa shape index (κ1) is 9.66. The molecule has 0 amide bonds. The lowest BCUT2D eigenvalue weighted by molar-refractivity contribution is 0.297. The Morgan fingerprint density at radius 2 is 2.21 bits per heavy atom. The van der Waals surface area contributed by atoms with Gasteiger partial charge in [-0.15, -0.1) is 0 Å². The van der Waals surface area contributed by atoms with Crippen LogP contribution in [0.5, 0.6) is 0 Å². The van der Waals surface area contributed by atoms with Crippen LogP contribution >= 0.6 is 0 Å². The molecule has 2 heteroatoms. The van der Waals surface area contributed by atoms with Gasteiger partial charge >= 0.3 is 0 Å². The van der Waals surface area contributed by atoms with E-state index in [2.05, 4.69) is 29.4 Å². The molecule has 76 valence electrons. The molecular formula is C12H18N2. The topological polar surface area (TPSA) is 24.9 Å². The third-order valence-corrected chi connectivity index (χ3v) is 3.51. The highest BCUT2D eigenvalue weighted by Crippen LogP contribution is 2.35. The number of rotatable bonds is 2. The molecule has 2 heterocycles. The Balaban J connectivity index is 2.27. The van der Waals surface area contributed by atoms with Crippen molar-refractivity contribution in [1.29, 1.82) is 0 Å². The fraction of sp³-hybridized carbons (Fsp3) is 0.583. The third-order valence-electron chi connectivity index (χ3n) is 3.51. The summed E-state index contributed by atoms with van der Waals surface area (Å²) in [7, 11) is 0. The molecular weight excluding hydrogens is 172 g/mol. The maximum Gasteiger partial charge on any atom is 0.0305 e. The Kier molecular flexibility index (Phi) is 2.82. The highest BCUT2D eigenvalue weighted by atomic mass is 14.9. The van der Waals surface area contributed by atoms with E-state index >= 15 is 0 Å². The molecule has 2 rings (SSSR count). The van der Waals surface area contributed by atoms with Gasteiger partial charge in [0.2, 0.25) is 0 Å². The van der Waals surface area contributed by atoms with Crippen molar-refractivity contribution >= 4 is 0 Å². The van der Waals surface area contributed by atoms with Crippen molar-refractivity contribution in [2.45, 2.75) is 31.6 Å². The normalized spacial score (nSPS) is 20.6. The zero-order valence-corrected chi connectivity index (χ0v) is 8.79. The van der Waals surface area contributed by atoms with E-state index in [1.165, 1.54) is 24.8 Å². The number of aromatic nitrogens is 1. The molecule has 1 aromatic rings. The molecule has 0 radical (unpaired) electrons. The number of hydrogen-bond acceptors (Lipinski definition) is 2. The van der Waals surface area contributed by atoms with Gasteiger partial charge in [0.25, 0.3) is 0 Å². The fourth-order valence-corrected chi connectivity index (χ4v) is 2.43. The lowest BCUT2D eigenvalue weighted by atomic mass is 9.72. The van der Waals surface area contributed by atoms with Crippen LogP contribution < -0.4 is 5.32 Å². The second kappa shape index (κ2) is 4.09. The predicted octanol–water partition coefficient (Wildman–Crippen LogP) is 2.11. The number of piperidine rings is 1. The summed E-state index contributed by atoms with van der Waals surface area (Å²) in [6.45, 7) is 4.57. The Labute approximate surface area is 85.7 Å². The minimum absolute atomic E-state index is 0.388. The summed E-state index contributed by atoms with van der Waals surface area (Å²) < 4.78 is 0. The number of nitrogens with zero attached hydrogens (tertiary/aromatic N) is 1. The molecule has 0 saturated carbocycles. The fourth-order valence-electron chi connectivity index (χ4n) is 2.43. The molecule has 0 aromatic carbocycles. The van der Waals surface area contributed by atoms with Gasteiger partial charge < -0.3 is 5.32 Å². The summed E-state index contributed by atoms with van der Waals surface area (Å²) in [4.78, 5) is 4.23. The van der Waals surface area contributed by atoms with Crippen LogP contribution in [-0.2, 0) is 5.41 Å². The Morgan fingerprint density at radius 3 is 2.79 bits per heavy atom. The van der Waals surface area contributed by atoms with Gasteiger partial charge in [0, 0.05) is 12.4 Å². The predicted molar refractivity (Wildman–Crippen MR) is 58.3 cm³/mol. The van der Waals surface area contributed by atoms with Crippen LogP contribution in [0.1, 0.15) is 31.7 Å². The molecule has 1 aromatic heterocycles. The van der Waals surface area contributed by atoms with E-state index in [9.17, 15) is 0 Å². The van der Waals surface area contributed by atoms with E-state index in [-0.39, 0.29) is 0 Å². The first-order valence-electron chi connectivity index (χ1n) is 5.49. The van der Waals surface area contributed by atoms with Crippen molar-refractivity contribution in [3.8, 4) is 0 Å². The van der Waals surface area contributed by atoms with Crippen LogP contribution in [-0.4, -0.2) is 18.1 Å². The summed E-state index contributed by atoms with van der Waals surface area (Å²) in [5.41, 5.74) is 1.81. The van der Waals surface area contributed by atoms with Gasteiger partial charge in [0.05, 0.1) is 0 Å². The summed E-state index contributed by atoms with van der Waals surface area (Å²) in [6.07, 6.45) is 7.60. The van der Waals surface area contributed by atoms with Crippen molar-refractivity contribution in [1.82, 2.24) is 10.3 Å². The lowest BCUT2D eigenvalue weighted by Crippen LogP contribution is -2.39. The van der Waals surface area contributed by atoms with Crippen LogP contribution in [0, 0.1) is 0 Å². The van der Waals surface area contributed by atoms with Crippen molar-refractivity contribution in [3.05, 3.63) is 30.1 Å². The molecule has 0 atom stereocenters. The molecule has 1 aliphatic rings. The van der Waals surface area contributed by atoms with E-state index in [4.69, 9.17) is 0 Å². The van der Waals surface area contributed by atoms with Gasteiger partial charge in [0.15, 0.2) is 0 Å². The lowest BCUT2D eigenvalue weighted by Gasteiger charge is -2.37. The largest absolute Gasteiger partial charge is 0.317 e. The van der Waals surface area contributed by atoms with Crippen LogP contribution in [0.15, 0.2) is 24.5 Å². The smallest absolute Gasteiger partial charge is 0.0305 e. The molecule has 1 N–H and O–H groups in total. The maximum absolute atomic E-state index is 4.23. The summed E-state index contributed by atoms with van der Waals surface area (Å²) in [6, 6.07) is 4.27. The molecule has 0 unspecified atom stereocenters. The molecule has 0 aliphatic carbocycles. The van der Waals surface area contributed by atoms with Crippen LogP contribution in [0.25, 0.3) is 0 Å². The number of hydrogen-bond donors (Lipinski definition) is 1. The standard InChI is InChI=1S/C12H18N2/c1-2-12(5-8-13-9-6-12)11-4-3-7-14-10-11/h3-4,7,10,13H,2,5-6,8-9H2,1H3. The van der Waals surface area contributed by atoms with Crippen LogP contribution in [0.4, 0.5) is 0 Å². The highest BCUT2D eigenvalue weighted by molar-refractivity contribution is 5.22. The van der Waals surface area contributed by atoms with Crippen molar-refractivity contribution in [2.24, 2.45) is 0 Å². The molecule has 0 spiro atoms. The Morgan fingerprint density at radius 1 is 1.43 bits per heavy atom. The van der Waals surface area contributed by atoms with Gasteiger partial charge in [-0.25, -0.2) is 0 Å². The second-order valence-corrected chi connectivity index (χ2v) is 4.13. The molecule has 0 bridgehead atoms. The van der Waals surface area contributed by atoms with Crippen molar-refractivity contribution < 1.29 is 0 Å². The first-order valence-corrected chi connectivity index (χ1v) is 5.49. The summed E-state index contributed by atoms with van der Waals surface area (Å²) >= 11 is 0. The van der Waals surface area contributed by atoms with E-state index in [0.29, 0.717) is 5.41 Å². The maximum atomic E-state index is 4.23. The average Bonchev–Trinajstić information content (AvgIpc) is 2.31. The SMILES string of the molecule is CCC1(c2cccnc2)CCNCC1. The molecule has 14 heavy (non-hydrogen) atoms. The Hall–Kier alpha value is -0.890. The van der Waals surface area contributed by atoms with Gasteiger partial charge in [-0.05, 0) is 49.4 Å². The average molecular weight is 190 g/mol.